The van der Waals surface area contributed by atoms with E-state index in [-0.39, 0.29) is 23.5 Å². The average Bonchev–Trinajstić information content (AvgIpc) is 3.33. The van der Waals surface area contributed by atoms with Crippen LogP contribution >= 0.6 is 0 Å². The normalized spacial score (nSPS) is 15.1. The Balaban J connectivity index is 1.59. The number of fused-ring (bicyclic) bond motifs is 1. The van der Waals surface area contributed by atoms with Crippen molar-refractivity contribution in [3.8, 4) is 0 Å². The van der Waals surface area contributed by atoms with E-state index >= 15 is 0 Å². The van der Waals surface area contributed by atoms with Crippen LogP contribution < -0.4 is 10.6 Å². The highest BCUT2D eigenvalue weighted by Crippen LogP contribution is 2.26. The van der Waals surface area contributed by atoms with E-state index in [1.807, 2.05) is 31.2 Å². The first kappa shape index (κ1) is 20.4. The lowest BCUT2D eigenvalue weighted by Gasteiger charge is -2.35. The van der Waals surface area contributed by atoms with Gasteiger partial charge in [-0.1, -0.05) is 30.3 Å². The minimum Gasteiger partial charge on any atom is -0.459 e. The third-order valence-corrected chi connectivity index (χ3v) is 5.27. The van der Waals surface area contributed by atoms with Gasteiger partial charge in [0.05, 0.1) is 6.26 Å². The summed E-state index contributed by atoms with van der Waals surface area (Å²) in [6.07, 6.45) is 1.83. The fourth-order valence-electron chi connectivity index (χ4n) is 3.74. The second-order valence-electron chi connectivity index (χ2n) is 7.33. The number of nitrogens with zero attached hydrogens (tertiary/aromatic N) is 1. The summed E-state index contributed by atoms with van der Waals surface area (Å²) in [4.78, 5) is 39.9. The van der Waals surface area contributed by atoms with Crippen molar-refractivity contribution < 1.29 is 18.8 Å². The first-order valence-electron chi connectivity index (χ1n) is 10.2. The molecule has 2 aromatic carbocycles. The highest BCUT2D eigenvalue weighted by Gasteiger charge is 2.36. The minimum atomic E-state index is -0.708. The van der Waals surface area contributed by atoms with E-state index in [0.717, 1.165) is 11.1 Å². The maximum absolute atomic E-state index is 13.2. The number of furan rings is 1. The largest absolute Gasteiger partial charge is 0.459 e. The minimum absolute atomic E-state index is 0.190. The Morgan fingerprint density at radius 2 is 1.84 bits per heavy atom. The Bertz CT molecular complexity index is 1110. The van der Waals surface area contributed by atoms with Gasteiger partial charge in [-0.2, -0.15) is 0 Å². The van der Waals surface area contributed by atoms with Crippen LogP contribution in [-0.2, 0) is 17.8 Å². The fraction of sp³-hybridized carbons (Fsp3) is 0.208. The zero-order valence-electron chi connectivity index (χ0n) is 17.1. The van der Waals surface area contributed by atoms with Crippen LogP contribution in [0, 0.1) is 0 Å². The molecule has 4 rings (SSSR count). The number of nitrogens with one attached hydrogen (secondary N) is 2. The van der Waals surface area contributed by atoms with E-state index < -0.39 is 6.04 Å². The molecule has 1 aliphatic rings. The van der Waals surface area contributed by atoms with Crippen LogP contribution in [0.2, 0.25) is 0 Å². The fourth-order valence-corrected chi connectivity index (χ4v) is 3.74. The van der Waals surface area contributed by atoms with Gasteiger partial charge in [-0.25, -0.2) is 0 Å². The summed E-state index contributed by atoms with van der Waals surface area (Å²) in [6.45, 7) is 2.67. The van der Waals surface area contributed by atoms with E-state index in [1.54, 1.807) is 36.4 Å². The molecule has 7 nitrogen and oxygen atoms in total. The third-order valence-electron chi connectivity index (χ3n) is 5.27. The molecule has 1 aromatic heterocycles. The van der Waals surface area contributed by atoms with Crippen molar-refractivity contribution in [2.45, 2.75) is 25.9 Å². The molecule has 0 fully saturated rings. The number of hydrogen-bond acceptors (Lipinski definition) is 4. The number of carbonyl (C=O) groups is 3. The maximum Gasteiger partial charge on any atom is 0.290 e. The zero-order valence-corrected chi connectivity index (χ0v) is 17.1. The third kappa shape index (κ3) is 4.35. The summed E-state index contributed by atoms with van der Waals surface area (Å²) < 4.78 is 5.28. The van der Waals surface area contributed by atoms with Crippen LogP contribution in [-0.4, -0.2) is 35.2 Å². The molecule has 2 N–H and O–H groups in total. The Hall–Kier alpha value is -3.87. The Morgan fingerprint density at radius 1 is 1.03 bits per heavy atom. The highest BCUT2D eigenvalue weighted by molar-refractivity contribution is 6.01. The molecule has 0 saturated carbocycles. The van der Waals surface area contributed by atoms with Crippen LogP contribution in [0.4, 0.5) is 5.69 Å². The number of carbonyl (C=O) groups excluding carboxylic acids is 3. The summed E-state index contributed by atoms with van der Waals surface area (Å²) in [6, 6.07) is 17.0. The van der Waals surface area contributed by atoms with Crippen molar-refractivity contribution in [3.05, 3.63) is 89.4 Å². The lowest BCUT2D eigenvalue weighted by molar-refractivity contribution is -0.121. The van der Waals surface area contributed by atoms with Gasteiger partial charge < -0.3 is 20.0 Å². The molecule has 1 unspecified atom stereocenters. The van der Waals surface area contributed by atoms with Crippen molar-refractivity contribution in [2.24, 2.45) is 0 Å². The Labute approximate surface area is 180 Å². The van der Waals surface area contributed by atoms with E-state index in [4.69, 9.17) is 4.42 Å². The van der Waals surface area contributed by atoms with Crippen molar-refractivity contribution in [2.75, 3.05) is 11.9 Å². The number of benzene rings is 2. The molecule has 3 aromatic rings. The maximum atomic E-state index is 13.2. The van der Waals surface area contributed by atoms with E-state index in [0.29, 0.717) is 30.8 Å². The summed E-state index contributed by atoms with van der Waals surface area (Å²) in [5, 5.41) is 5.61. The van der Waals surface area contributed by atoms with Crippen molar-refractivity contribution in [3.63, 3.8) is 0 Å². The molecule has 3 amide bonds. The van der Waals surface area contributed by atoms with Gasteiger partial charge in [0, 0.05) is 30.8 Å². The lowest BCUT2D eigenvalue weighted by atomic mass is 9.93. The molecular formula is C24H23N3O4. The van der Waals surface area contributed by atoms with Gasteiger partial charge in [0.15, 0.2) is 5.76 Å². The number of hydrogen-bond donors (Lipinski definition) is 2. The van der Waals surface area contributed by atoms with Crippen LogP contribution in [0.3, 0.4) is 0 Å². The first-order chi connectivity index (χ1) is 15.1. The monoisotopic (exact) mass is 417 g/mol. The standard InChI is InChI=1S/C24H23N3O4/c1-2-25-22(28)17-9-5-10-19(13-17)26-23(29)20-14-16-7-3-4-8-18(16)15-27(20)24(30)21-11-6-12-31-21/h3-13,20H,2,14-15H2,1H3,(H,25,28)(H,26,29). The molecular weight excluding hydrogens is 394 g/mol. The second-order valence-corrected chi connectivity index (χ2v) is 7.33. The summed E-state index contributed by atoms with van der Waals surface area (Å²) >= 11 is 0. The van der Waals surface area contributed by atoms with Gasteiger partial charge in [-0.05, 0) is 48.4 Å². The van der Waals surface area contributed by atoms with Crippen molar-refractivity contribution in [1.82, 2.24) is 10.2 Å². The van der Waals surface area contributed by atoms with E-state index in [9.17, 15) is 14.4 Å². The van der Waals surface area contributed by atoms with Crippen molar-refractivity contribution >= 4 is 23.4 Å². The summed E-state index contributed by atoms with van der Waals surface area (Å²) in [5.41, 5.74) is 2.99. The quantitative estimate of drug-likeness (QED) is 0.667. The molecule has 0 radical (unpaired) electrons. The Kier molecular flexibility index (Phi) is 5.84. The molecule has 0 spiro atoms. The smallest absolute Gasteiger partial charge is 0.290 e. The number of rotatable bonds is 5. The van der Waals surface area contributed by atoms with Gasteiger partial charge in [-0.15, -0.1) is 0 Å². The highest BCUT2D eigenvalue weighted by atomic mass is 16.3. The molecule has 158 valence electrons. The van der Waals surface area contributed by atoms with Crippen LogP contribution in [0.1, 0.15) is 39.0 Å². The van der Waals surface area contributed by atoms with E-state index in [2.05, 4.69) is 10.6 Å². The second kappa shape index (κ2) is 8.87. The molecule has 31 heavy (non-hydrogen) atoms. The Morgan fingerprint density at radius 3 is 2.58 bits per heavy atom. The van der Waals surface area contributed by atoms with Crippen molar-refractivity contribution in [1.29, 1.82) is 0 Å². The topological polar surface area (TPSA) is 91.7 Å². The molecule has 0 aliphatic carbocycles. The molecule has 7 heteroatoms. The van der Waals surface area contributed by atoms with Crippen LogP contribution in [0.25, 0.3) is 0 Å². The number of anilines is 1. The molecule has 1 aliphatic heterocycles. The first-order valence-corrected chi connectivity index (χ1v) is 10.2. The molecule has 1 atom stereocenters. The van der Waals surface area contributed by atoms with Gasteiger partial charge in [0.1, 0.15) is 6.04 Å². The predicted molar refractivity (Wildman–Crippen MR) is 116 cm³/mol. The predicted octanol–water partition coefficient (Wildman–Crippen LogP) is 3.24. The van der Waals surface area contributed by atoms with Crippen LogP contribution in [0.15, 0.2) is 71.3 Å². The van der Waals surface area contributed by atoms with Gasteiger partial charge in [-0.3, -0.25) is 14.4 Å². The molecule has 0 saturated heterocycles. The summed E-state index contributed by atoms with van der Waals surface area (Å²) in [5.74, 6) is -0.673. The van der Waals surface area contributed by atoms with Crippen LogP contribution in [0.5, 0.6) is 0 Å². The van der Waals surface area contributed by atoms with Gasteiger partial charge in [0.2, 0.25) is 5.91 Å². The lowest BCUT2D eigenvalue weighted by Crippen LogP contribution is -2.50. The molecule has 0 bridgehead atoms. The average molecular weight is 417 g/mol. The SMILES string of the molecule is CCNC(=O)c1cccc(NC(=O)C2Cc3ccccc3CN2C(=O)c2ccco2)c1. The zero-order chi connectivity index (χ0) is 21.8. The summed E-state index contributed by atoms with van der Waals surface area (Å²) in [7, 11) is 0. The van der Waals surface area contributed by atoms with Gasteiger partial charge >= 0.3 is 0 Å². The van der Waals surface area contributed by atoms with E-state index in [1.165, 1.54) is 11.2 Å². The number of amides is 3. The molecule has 2 heterocycles. The van der Waals surface area contributed by atoms with Gasteiger partial charge in [0.25, 0.3) is 11.8 Å².